The number of ketones is 1. The van der Waals surface area contributed by atoms with Crippen molar-refractivity contribution in [3.8, 4) is 23.0 Å². The monoisotopic (exact) mass is 520 g/mol. The number of carbonyl (C=O) groups is 1. The molecule has 1 aliphatic rings. The maximum absolute atomic E-state index is 13.8. The predicted octanol–water partition coefficient (Wildman–Crippen LogP) is 0.819. The quantitative estimate of drug-likeness (QED) is 0.245. The number of aromatic hydroxyl groups is 2. The first kappa shape index (κ1) is 28.4. The second-order valence-corrected chi connectivity index (χ2v) is 8.51. The van der Waals surface area contributed by atoms with Gasteiger partial charge < -0.3 is 49.6 Å². The highest BCUT2D eigenvalue weighted by Crippen LogP contribution is 2.44. The zero-order valence-corrected chi connectivity index (χ0v) is 20.6. The van der Waals surface area contributed by atoms with Crippen molar-refractivity contribution in [3.63, 3.8) is 0 Å². The normalized spacial score (nSPS) is 25.5. The molecular weight excluding hydrogens is 488 g/mol. The standard InChI is InChI=1S/C26H32O11/c1-4-26(15-11-17(34-2)21(30)18(12-15)35-3,20(29)10-7-14-5-8-16(28)9-6-14)37-25-24(33)23(32)22(31)19(13-27)36-25/h5-12,19,22-25,27-28,30-33H,4,13H2,1-3H3/b10-7+/t19-,22-,23+,24-,25+,26?/m1/s1. The van der Waals surface area contributed by atoms with E-state index < -0.39 is 48.7 Å². The predicted molar refractivity (Wildman–Crippen MR) is 130 cm³/mol. The Kier molecular flexibility index (Phi) is 9.13. The number of ether oxygens (including phenoxy) is 4. The highest BCUT2D eigenvalue weighted by atomic mass is 16.7. The fourth-order valence-electron chi connectivity index (χ4n) is 4.11. The van der Waals surface area contributed by atoms with Crippen molar-refractivity contribution in [1.82, 2.24) is 0 Å². The lowest BCUT2D eigenvalue weighted by atomic mass is 9.85. The molecule has 1 fully saturated rings. The molecule has 0 radical (unpaired) electrons. The summed E-state index contributed by atoms with van der Waals surface area (Å²) in [5, 5.41) is 60.5. The molecule has 1 aliphatic heterocycles. The molecule has 0 amide bonds. The molecule has 6 atom stereocenters. The van der Waals surface area contributed by atoms with Gasteiger partial charge in [-0.05, 0) is 47.9 Å². The lowest BCUT2D eigenvalue weighted by Gasteiger charge is -2.43. The number of hydrogen-bond donors (Lipinski definition) is 6. The number of aliphatic hydroxyl groups excluding tert-OH is 4. The Morgan fingerprint density at radius 3 is 2.11 bits per heavy atom. The summed E-state index contributed by atoms with van der Waals surface area (Å²) in [4.78, 5) is 13.8. The van der Waals surface area contributed by atoms with E-state index in [9.17, 15) is 35.4 Å². The van der Waals surface area contributed by atoms with Gasteiger partial charge in [0.2, 0.25) is 5.75 Å². The van der Waals surface area contributed by atoms with Crippen molar-refractivity contribution < 1.29 is 54.4 Å². The molecule has 0 bridgehead atoms. The molecule has 11 heteroatoms. The SMILES string of the molecule is CCC(O[C@@H]1O[C@H](CO)[C@@H](O)[C@H](O)[C@H]1O)(C(=O)/C=C/c1ccc(O)cc1)c1cc(OC)c(O)c(OC)c1. The summed E-state index contributed by atoms with van der Waals surface area (Å²) in [6.07, 6.45) is -5.27. The number of phenols is 2. The van der Waals surface area contributed by atoms with Crippen LogP contribution < -0.4 is 9.47 Å². The molecule has 2 aromatic carbocycles. The van der Waals surface area contributed by atoms with Crippen LogP contribution in [0.1, 0.15) is 24.5 Å². The Morgan fingerprint density at radius 1 is 1.00 bits per heavy atom. The van der Waals surface area contributed by atoms with Crippen molar-refractivity contribution in [2.75, 3.05) is 20.8 Å². The lowest BCUT2D eigenvalue weighted by Crippen LogP contribution is -2.61. The molecule has 1 unspecified atom stereocenters. The van der Waals surface area contributed by atoms with Crippen molar-refractivity contribution in [3.05, 3.63) is 53.6 Å². The molecular formula is C26H32O11. The van der Waals surface area contributed by atoms with E-state index in [-0.39, 0.29) is 35.0 Å². The van der Waals surface area contributed by atoms with E-state index in [1.165, 1.54) is 50.6 Å². The minimum Gasteiger partial charge on any atom is -0.508 e. The highest BCUT2D eigenvalue weighted by Gasteiger charge is 2.49. The van der Waals surface area contributed by atoms with Crippen molar-refractivity contribution in [2.24, 2.45) is 0 Å². The van der Waals surface area contributed by atoms with Gasteiger partial charge in [-0.25, -0.2) is 0 Å². The van der Waals surface area contributed by atoms with Gasteiger partial charge in [0.1, 0.15) is 30.2 Å². The number of aliphatic hydroxyl groups is 4. The first-order chi connectivity index (χ1) is 17.6. The molecule has 0 saturated carbocycles. The second-order valence-electron chi connectivity index (χ2n) is 8.51. The van der Waals surface area contributed by atoms with E-state index in [2.05, 4.69) is 0 Å². The van der Waals surface area contributed by atoms with Gasteiger partial charge in [-0.2, -0.15) is 0 Å². The largest absolute Gasteiger partial charge is 0.508 e. The molecule has 0 aliphatic carbocycles. The number of hydrogen-bond acceptors (Lipinski definition) is 11. The van der Waals surface area contributed by atoms with Crippen LogP contribution in [-0.4, -0.2) is 88.0 Å². The Bertz CT molecular complexity index is 1070. The Balaban J connectivity index is 2.12. The van der Waals surface area contributed by atoms with Gasteiger partial charge in [0, 0.05) is 0 Å². The second kappa shape index (κ2) is 11.9. The molecule has 202 valence electrons. The smallest absolute Gasteiger partial charge is 0.200 e. The average Bonchev–Trinajstić information content (AvgIpc) is 2.91. The summed E-state index contributed by atoms with van der Waals surface area (Å²) in [6.45, 7) is 0.960. The summed E-state index contributed by atoms with van der Waals surface area (Å²) in [6, 6.07) is 8.85. The molecule has 0 aromatic heterocycles. The summed E-state index contributed by atoms with van der Waals surface area (Å²) < 4.78 is 22.1. The molecule has 11 nitrogen and oxygen atoms in total. The first-order valence-corrected chi connectivity index (χ1v) is 11.6. The summed E-state index contributed by atoms with van der Waals surface area (Å²) in [5.74, 6) is -0.881. The van der Waals surface area contributed by atoms with Crippen LogP contribution in [0.2, 0.25) is 0 Å². The van der Waals surface area contributed by atoms with E-state index in [4.69, 9.17) is 18.9 Å². The van der Waals surface area contributed by atoms with Crippen LogP contribution in [0.3, 0.4) is 0 Å². The van der Waals surface area contributed by atoms with Gasteiger partial charge in [-0.15, -0.1) is 0 Å². The lowest BCUT2D eigenvalue weighted by molar-refractivity contribution is -0.324. The molecule has 2 aromatic rings. The molecule has 3 rings (SSSR count). The molecule has 37 heavy (non-hydrogen) atoms. The van der Waals surface area contributed by atoms with Crippen LogP contribution in [0.5, 0.6) is 23.0 Å². The van der Waals surface area contributed by atoms with E-state index >= 15 is 0 Å². The summed E-state index contributed by atoms with van der Waals surface area (Å²) in [7, 11) is 2.63. The molecule has 6 N–H and O–H groups in total. The number of rotatable bonds is 10. The van der Waals surface area contributed by atoms with Crippen LogP contribution in [-0.2, 0) is 19.9 Å². The topological polar surface area (TPSA) is 175 Å². The van der Waals surface area contributed by atoms with Crippen LogP contribution >= 0.6 is 0 Å². The number of methoxy groups -OCH3 is 2. The molecule has 1 saturated heterocycles. The fourth-order valence-corrected chi connectivity index (χ4v) is 4.11. The van der Waals surface area contributed by atoms with Gasteiger partial charge in [0.25, 0.3) is 0 Å². The Labute approximate surface area is 213 Å². The van der Waals surface area contributed by atoms with Gasteiger partial charge in [0.15, 0.2) is 29.2 Å². The minimum atomic E-state index is -1.87. The number of benzene rings is 2. The summed E-state index contributed by atoms with van der Waals surface area (Å²) in [5.41, 5.74) is -1.08. The van der Waals surface area contributed by atoms with E-state index in [0.717, 1.165) is 0 Å². The van der Waals surface area contributed by atoms with E-state index in [1.807, 2.05) is 0 Å². The van der Waals surface area contributed by atoms with Crippen LogP contribution in [0.15, 0.2) is 42.5 Å². The van der Waals surface area contributed by atoms with E-state index in [1.54, 1.807) is 19.1 Å². The molecule has 1 heterocycles. The van der Waals surface area contributed by atoms with Crippen LogP contribution in [0.25, 0.3) is 6.08 Å². The third-order valence-corrected chi connectivity index (χ3v) is 6.33. The van der Waals surface area contributed by atoms with Gasteiger partial charge in [-0.1, -0.05) is 25.1 Å². The van der Waals surface area contributed by atoms with E-state index in [0.29, 0.717) is 5.56 Å². The zero-order chi connectivity index (χ0) is 27.3. The minimum absolute atomic E-state index is 0.0140. The Morgan fingerprint density at radius 2 is 1.59 bits per heavy atom. The first-order valence-electron chi connectivity index (χ1n) is 11.6. The third kappa shape index (κ3) is 5.72. The number of phenolic OH excluding ortho intramolecular Hbond substituents is 2. The zero-order valence-electron chi connectivity index (χ0n) is 20.6. The fraction of sp³-hybridized carbons (Fsp3) is 0.423. The maximum Gasteiger partial charge on any atom is 0.200 e. The van der Waals surface area contributed by atoms with Crippen LogP contribution in [0, 0.1) is 0 Å². The summed E-state index contributed by atoms with van der Waals surface area (Å²) >= 11 is 0. The van der Waals surface area contributed by atoms with Gasteiger partial charge in [-0.3, -0.25) is 4.79 Å². The van der Waals surface area contributed by atoms with Crippen molar-refractivity contribution >= 4 is 11.9 Å². The van der Waals surface area contributed by atoms with Crippen molar-refractivity contribution in [1.29, 1.82) is 0 Å². The van der Waals surface area contributed by atoms with Gasteiger partial charge in [0.05, 0.1) is 20.8 Å². The van der Waals surface area contributed by atoms with Crippen LogP contribution in [0.4, 0.5) is 0 Å². The van der Waals surface area contributed by atoms with Gasteiger partial charge >= 0.3 is 0 Å². The third-order valence-electron chi connectivity index (χ3n) is 6.33. The Hall–Kier alpha value is -3.19. The maximum atomic E-state index is 13.8. The average molecular weight is 521 g/mol. The highest BCUT2D eigenvalue weighted by molar-refractivity contribution is 6.01. The number of carbonyl (C=O) groups excluding carboxylic acids is 1. The molecule has 0 spiro atoms. The van der Waals surface area contributed by atoms with Crippen molar-refractivity contribution in [2.45, 2.75) is 49.7 Å².